The number of benzene rings is 3. The molecule has 0 radical (unpaired) electrons. The zero-order valence-electron chi connectivity index (χ0n) is 20.5. The van der Waals surface area contributed by atoms with Crippen molar-refractivity contribution in [2.45, 2.75) is 12.5 Å². The zero-order valence-corrected chi connectivity index (χ0v) is 20.5. The number of hydrazone groups is 1. The molecule has 3 aromatic rings. The topological polar surface area (TPSA) is 52.5 Å². The normalized spacial score (nSPS) is 15.5. The number of ether oxygens (including phenoxy) is 4. The number of methoxy groups -OCH3 is 4. The van der Waals surface area contributed by atoms with Crippen LogP contribution in [0.3, 0.4) is 0 Å². The summed E-state index contributed by atoms with van der Waals surface area (Å²) in [4.78, 5) is 0. The van der Waals surface area contributed by atoms with E-state index in [1.807, 2.05) is 66.7 Å². The lowest BCUT2D eigenvalue weighted by atomic mass is 10.1. The van der Waals surface area contributed by atoms with Crippen LogP contribution in [0.15, 0.2) is 84.0 Å². The van der Waals surface area contributed by atoms with Gasteiger partial charge in [0.05, 0.1) is 45.9 Å². The quantitative estimate of drug-likeness (QED) is 0.379. The number of rotatable bonds is 9. The minimum Gasteiger partial charge on any atom is -0.497 e. The Bertz CT molecular complexity index is 1230. The van der Waals surface area contributed by atoms with Crippen molar-refractivity contribution in [1.29, 1.82) is 0 Å². The fraction of sp³-hybridized carbons (Fsp3) is 0.207. The molecule has 3 aromatic carbocycles. The smallest absolute Gasteiger partial charge is 0.129 e. The first-order chi connectivity index (χ1) is 17.1. The van der Waals surface area contributed by atoms with E-state index in [1.165, 1.54) is 0 Å². The van der Waals surface area contributed by atoms with Gasteiger partial charge >= 0.3 is 0 Å². The van der Waals surface area contributed by atoms with Crippen molar-refractivity contribution < 1.29 is 18.9 Å². The van der Waals surface area contributed by atoms with E-state index < -0.39 is 0 Å². The Morgan fingerprint density at radius 3 is 1.89 bits per heavy atom. The molecular formula is C29H30N2O4. The Hall–Kier alpha value is -4.19. The maximum absolute atomic E-state index is 5.56. The molecule has 4 rings (SSSR count). The number of allylic oxidation sites excluding steroid dienone is 1. The number of anilines is 1. The molecular weight excluding hydrogens is 440 g/mol. The third-order valence-corrected chi connectivity index (χ3v) is 5.82. The van der Waals surface area contributed by atoms with Gasteiger partial charge in [-0.25, -0.2) is 0 Å². The Labute approximate surface area is 206 Å². The summed E-state index contributed by atoms with van der Waals surface area (Å²) in [5.41, 5.74) is 3.95. The molecule has 1 aliphatic rings. The zero-order chi connectivity index (χ0) is 24.6. The van der Waals surface area contributed by atoms with E-state index in [4.69, 9.17) is 24.0 Å². The van der Waals surface area contributed by atoms with Crippen molar-refractivity contribution >= 4 is 23.6 Å². The first-order valence-electron chi connectivity index (χ1n) is 11.4. The first kappa shape index (κ1) is 24.0. The summed E-state index contributed by atoms with van der Waals surface area (Å²) in [6.45, 7) is 0. The summed E-state index contributed by atoms with van der Waals surface area (Å²) in [5, 5.41) is 6.97. The summed E-state index contributed by atoms with van der Waals surface area (Å²) in [5.74, 6) is 3.03. The van der Waals surface area contributed by atoms with Gasteiger partial charge in [0.2, 0.25) is 0 Å². The Morgan fingerprint density at radius 2 is 1.31 bits per heavy atom. The molecule has 0 bridgehead atoms. The third kappa shape index (κ3) is 5.66. The molecule has 1 heterocycles. The molecule has 0 amide bonds. The SMILES string of the molecule is COc1ccc(C=CC2=NN(c3ccccc3)C(C=Cc3ccc(OC)cc3OC)C2)c(OC)c1. The molecule has 0 fully saturated rings. The lowest BCUT2D eigenvalue weighted by Gasteiger charge is -2.21. The summed E-state index contributed by atoms with van der Waals surface area (Å²) >= 11 is 0. The largest absolute Gasteiger partial charge is 0.497 e. The van der Waals surface area contributed by atoms with E-state index in [2.05, 4.69) is 29.3 Å². The van der Waals surface area contributed by atoms with Crippen LogP contribution in [0.2, 0.25) is 0 Å². The molecule has 180 valence electrons. The van der Waals surface area contributed by atoms with E-state index >= 15 is 0 Å². The second kappa shape index (κ2) is 11.3. The van der Waals surface area contributed by atoms with E-state index in [1.54, 1.807) is 28.4 Å². The van der Waals surface area contributed by atoms with Crippen LogP contribution < -0.4 is 24.0 Å². The van der Waals surface area contributed by atoms with Gasteiger partial charge in [-0.3, -0.25) is 5.01 Å². The lowest BCUT2D eigenvalue weighted by molar-refractivity contribution is 0.393. The van der Waals surface area contributed by atoms with E-state index in [0.717, 1.165) is 51.9 Å². The second-order valence-electron chi connectivity index (χ2n) is 7.95. The number of para-hydroxylation sites is 1. The first-order valence-corrected chi connectivity index (χ1v) is 11.4. The molecule has 6 heteroatoms. The van der Waals surface area contributed by atoms with Crippen LogP contribution in [0, 0.1) is 0 Å². The second-order valence-corrected chi connectivity index (χ2v) is 7.95. The van der Waals surface area contributed by atoms with Crippen LogP contribution in [0.4, 0.5) is 5.69 Å². The molecule has 0 saturated carbocycles. The highest BCUT2D eigenvalue weighted by molar-refractivity contribution is 6.01. The minimum absolute atomic E-state index is 0.0571. The molecule has 1 unspecified atom stereocenters. The number of nitrogens with zero attached hydrogens (tertiary/aromatic N) is 2. The third-order valence-electron chi connectivity index (χ3n) is 5.82. The van der Waals surface area contributed by atoms with Gasteiger partial charge < -0.3 is 18.9 Å². The van der Waals surface area contributed by atoms with Crippen molar-refractivity contribution in [2.24, 2.45) is 5.10 Å². The molecule has 1 aliphatic heterocycles. The van der Waals surface area contributed by atoms with E-state index in [-0.39, 0.29) is 6.04 Å². The van der Waals surface area contributed by atoms with Crippen molar-refractivity contribution in [2.75, 3.05) is 33.4 Å². The summed E-state index contributed by atoms with van der Waals surface area (Å²) in [6.07, 6.45) is 9.07. The standard InChI is InChI=1S/C29H30N2O4/c1-32-26-16-12-21(28(19-26)34-3)10-14-23-18-25(31(30-23)24-8-6-5-7-9-24)15-11-22-13-17-27(33-2)20-29(22)35-4/h5-17,19-20,25H,18H2,1-4H3. The Kier molecular flexibility index (Phi) is 7.73. The predicted octanol–water partition coefficient (Wildman–Crippen LogP) is 6.08. The van der Waals surface area contributed by atoms with E-state index in [0.29, 0.717) is 0 Å². The van der Waals surface area contributed by atoms with Gasteiger partial charge in [0.25, 0.3) is 0 Å². The summed E-state index contributed by atoms with van der Waals surface area (Å²) in [7, 11) is 6.61. The van der Waals surface area contributed by atoms with Crippen molar-refractivity contribution in [3.8, 4) is 23.0 Å². The average molecular weight is 471 g/mol. The molecule has 0 saturated heterocycles. The number of hydrogen-bond donors (Lipinski definition) is 0. The molecule has 0 aliphatic carbocycles. The van der Waals surface area contributed by atoms with Gasteiger partial charge in [0.15, 0.2) is 0 Å². The molecule has 6 nitrogen and oxygen atoms in total. The minimum atomic E-state index is 0.0571. The van der Waals surface area contributed by atoms with Crippen LogP contribution in [-0.4, -0.2) is 40.2 Å². The summed E-state index contributed by atoms with van der Waals surface area (Å²) < 4.78 is 21.7. The molecule has 0 spiro atoms. The summed E-state index contributed by atoms with van der Waals surface area (Å²) in [6, 6.07) is 21.8. The monoisotopic (exact) mass is 470 g/mol. The van der Waals surface area contributed by atoms with Crippen LogP contribution >= 0.6 is 0 Å². The molecule has 1 atom stereocenters. The van der Waals surface area contributed by atoms with Crippen LogP contribution in [0.25, 0.3) is 12.2 Å². The van der Waals surface area contributed by atoms with E-state index in [9.17, 15) is 0 Å². The average Bonchev–Trinajstić information content (AvgIpc) is 3.34. The van der Waals surface area contributed by atoms with Gasteiger partial charge in [-0.05, 0) is 48.6 Å². The van der Waals surface area contributed by atoms with Gasteiger partial charge in [0, 0.05) is 29.7 Å². The molecule has 0 aromatic heterocycles. The number of hydrogen-bond acceptors (Lipinski definition) is 6. The van der Waals surface area contributed by atoms with Crippen LogP contribution in [0.1, 0.15) is 17.5 Å². The Balaban J connectivity index is 1.60. The van der Waals surface area contributed by atoms with Gasteiger partial charge in [-0.1, -0.05) is 30.4 Å². The van der Waals surface area contributed by atoms with Gasteiger partial charge in [0.1, 0.15) is 23.0 Å². The van der Waals surface area contributed by atoms with Gasteiger partial charge in [-0.2, -0.15) is 5.10 Å². The maximum Gasteiger partial charge on any atom is 0.129 e. The maximum atomic E-state index is 5.56. The molecule has 35 heavy (non-hydrogen) atoms. The highest BCUT2D eigenvalue weighted by atomic mass is 16.5. The Morgan fingerprint density at radius 1 is 0.714 bits per heavy atom. The highest BCUT2D eigenvalue weighted by Crippen LogP contribution is 2.30. The van der Waals surface area contributed by atoms with Crippen LogP contribution in [-0.2, 0) is 0 Å². The fourth-order valence-electron chi connectivity index (χ4n) is 3.95. The predicted molar refractivity (Wildman–Crippen MR) is 142 cm³/mol. The molecule has 0 N–H and O–H groups in total. The van der Waals surface area contributed by atoms with Crippen molar-refractivity contribution in [3.05, 3.63) is 90.0 Å². The van der Waals surface area contributed by atoms with Gasteiger partial charge in [-0.15, -0.1) is 0 Å². The highest BCUT2D eigenvalue weighted by Gasteiger charge is 2.24. The fourth-order valence-corrected chi connectivity index (χ4v) is 3.95. The van der Waals surface area contributed by atoms with Crippen molar-refractivity contribution in [3.63, 3.8) is 0 Å². The van der Waals surface area contributed by atoms with Crippen LogP contribution in [0.5, 0.6) is 23.0 Å². The van der Waals surface area contributed by atoms with Crippen molar-refractivity contribution in [1.82, 2.24) is 0 Å². The lowest BCUT2D eigenvalue weighted by Crippen LogP contribution is -2.23.